The van der Waals surface area contributed by atoms with Gasteiger partial charge >= 0.3 is 0 Å². The molecule has 2 heterocycles. The summed E-state index contributed by atoms with van der Waals surface area (Å²) in [7, 11) is 0. The summed E-state index contributed by atoms with van der Waals surface area (Å²) >= 11 is 5.12. The first-order valence-corrected chi connectivity index (χ1v) is 5.85. The van der Waals surface area contributed by atoms with Gasteiger partial charge in [0.05, 0.1) is 12.2 Å². The highest BCUT2D eigenvalue weighted by atomic mass is 79.9. The highest BCUT2D eigenvalue weighted by molar-refractivity contribution is 9.10. The minimum Gasteiger partial charge on any atom is -0.384 e. The average Bonchev–Trinajstić information content (AvgIpc) is 2.61. The molecule has 0 atom stereocenters. The van der Waals surface area contributed by atoms with Gasteiger partial charge in [-0.1, -0.05) is 0 Å². The standard InChI is InChI=1S/C9H10BrN3S/c1-6-2-9(11)13(12-6)4-8-3-7(10)5-14-8/h2-3,5H,4,11H2,1H3. The Balaban J connectivity index is 2.22. The van der Waals surface area contributed by atoms with E-state index in [1.54, 1.807) is 11.3 Å². The molecular weight excluding hydrogens is 262 g/mol. The lowest BCUT2D eigenvalue weighted by molar-refractivity contribution is 0.697. The Kier molecular flexibility index (Phi) is 2.60. The van der Waals surface area contributed by atoms with Gasteiger partial charge in [-0.25, -0.2) is 4.68 Å². The van der Waals surface area contributed by atoms with E-state index < -0.39 is 0 Å². The van der Waals surface area contributed by atoms with E-state index in [0.717, 1.165) is 16.7 Å². The van der Waals surface area contributed by atoms with E-state index in [0.29, 0.717) is 5.82 Å². The Labute approximate surface area is 94.7 Å². The molecule has 0 amide bonds. The molecule has 0 radical (unpaired) electrons. The van der Waals surface area contributed by atoms with Gasteiger partial charge in [-0.2, -0.15) is 5.10 Å². The summed E-state index contributed by atoms with van der Waals surface area (Å²) < 4.78 is 2.92. The maximum Gasteiger partial charge on any atom is 0.122 e. The predicted molar refractivity (Wildman–Crippen MR) is 62.5 cm³/mol. The van der Waals surface area contributed by atoms with E-state index in [1.807, 2.05) is 17.7 Å². The Morgan fingerprint density at radius 3 is 2.86 bits per heavy atom. The van der Waals surface area contributed by atoms with Crippen LogP contribution in [0.2, 0.25) is 0 Å². The lowest BCUT2D eigenvalue weighted by Crippen LogP contribution is -2.04. The number of halogens is 1. The van der Waals surface area contributed by atoms with Crippen molar-refractivity contribution in [1.82, 2.24) is 9.78 Å². The van der Waals surface area contributed by atoms with Crippen molar-refractivity contribution in [1.29, 1.82) is 0 Å². The first-order valence-electron chi connectivity index (χ1n) is 4.18. The number of nitrogens with zero attached hydrogens (tertiary/aromatic N) is 2. The summed E-state index contributed by atoms with van der Waals surface area (Å²) in [5.74, 6) is 0.715. The Bertz CT molecular complexity index is 447. The van der Waals surface area contributed by atoms with E-state index in [1.165, 1.54) is 4.88 Å². The van der Waals surface area contributed by atoms with Crippen LogP contribution in [0.25, 0.3) is 0 Å². The third-order valence-corrected chi connectivity index (χ3v) is 3.54. The van der Waals surface area contributed by atoms with Gasteiger partial charge in [0, 0.05) is 20.8 Å². The number of thiophene rings is 1. The fraction of sp³-hybridized carbons (Fsp3) is 0.222. The molecule has 74 valence electrons. The third-order valence-electron chi connectivity index (χ3n) is 1.86. The van der Waals surface area contributed by atoms with Crippen LogP contribution in [-0.2, 0) is 6.54 Å². The van der Waals surface area contributed by atoms with Crippen LogP contribution in [0.5, 0.6) is 0 Å². The number of hydrogen-bond donors (Lipinski definition) is 1. The molecule has 0 aliphatic heterocycles. The average molecular weight is 272 g/mol. The third kappa shape index (κ3) is 1.99. The van der Waals surface area contributed by atoms with Gasteiger partial charge in [0.1, 0.15) is 5.82 Å². The summed E-state index contributed by atoms with van der Waals surface area (Å²) in [6, 6.07) is 3.96. The minimum atomic E-state index is 0.715. The number of nitrogens with two attached hydrogens (primary N) is 1. The van der Waals surface area contributed by atoms with Crippen molar-refractivity contribution < 1.29 is 0 Å². The molecule has 0 saturated carbocycles. The molecule has 0 aliphatic rings. The van der Waals surface area contributed by atoms with Gasteiger partial charge in [0.15, 0.2) is 0 Å². The Hall–Kier alpha value is -0.810. The zero-order valence-electron chi connectivity index (χ0n) is 7.70. The quantitative estimate of drug-likeness (QED) is 0.913. The highest BCUT2D eigenvalue weighted by Gasteiger charge is 2.04. The van der Waals surface area contributed by atoms with Gasteiger partial charge in [0.25, 0.3) is 0 Å². The molecule has 3 nitrogen and oxygen atoms in total. The summed E-state index contributed by atoms with van der Waals surface area (Å²) in [5, 5.41) is 6.36. The van der Waals surface area contributed by atoms with Crippen molar-refractivity contribution in [2.45, 2.75) is 13.5 Å². The van der Waals surface area contributed by atoms with Crippen LogP contribution in [-0.4, -0.2) is 9.78 Å². The smallest absolute Gasteiger partial charge is 0.122 e. The van der Waals surface area contributed by atoms with Crippen molar-refractivity contribution in [2.24, 2.45) is 0 Å². The number of aryl methyl sites for hydroxylation is 1. The second-order valence-electron chi connectivity index (χ2n) is 3.10. The molecule has 14 heavy (non-hydrogen) atoms. The van der Waals surface area contributed by atoms with E-state index in [9.17, 15) is 0 Å². The second-order valence-corrected chi connectivity index (χ2v) is 5.01. The van der Waals surface area contributed by atoms with Crippen LogP contribution in [0.3, 0.4) is 0 Å². The van der Waals surface area contributed by atoms with Crippen LogP contribution < -0.4 is 5.73 Å². The fourth-order valence-corrected chi connectivity index (χ4v) is 2.71. The zero-order chi connectivity index (χ0) is 10.1. The molecule has 0 saturated heterocycles. The molecule has 2 aromatic heterocycles. The number of rotatable bonds is 2. The lowest BCUT2D eigenvalue weighted by Gasteiger charge is -2.00. The van der Waals surface area contributed by atoms with Gasteiger partial charge in [-0.15, -0.1) is 11.3 Å². The number of anilines is 1. The van der Waals surface area contributed by atoms with Crippen molar-refractivity contribution in [3.63, 3.8) is 0 Å². The molecule has 0 bridgehead atoms. The fourth-order valence-electron chi connectivity index (χ4n) is 1.28. The number of aromatic nitrogens is 2. The molecule has 0 unspecified atom stereocenters. The largest absolute Gasteiger partial charge is 0.384 e. The van der Waals surface area contributed by atoms with Gasteiger partial charge in [-0.05, 0) is 28.9 Å². The zero-order valence-corrected chi connectivity index (χ0v) is 10.1. The topological polar surface area (TPSA) is 43.8 Å². The van der Waals surface area contributed by atoms with Crippen molar-refractivity contribution >= 4 is 33.1 Å². The van der Waals surface area contributed by atoms with Crippen LogP contribution in [0.4, 0.5) is 5.82 Å². The summed E-state index contributed by atoms with van der Waals surface area (Å²) in [4.78, 5) is 1.24. The molecule has 0 aromatic carbocycles. The second kappa shape index (κ2) is 3.74. The summed E-state index contributed by atoms with van der Waals surface area (Å²) in [5.41, 5.74) is 6.75. The minimum absolute atomic E-state index is 0.715. The van der Waals surface area contributed by atoms with Crippen LogP contribution in [0, 0.1) is 6.92 Å². The molecule has 0 fully saturated rings. The molecule has 2 N–H and O–H groups in total. The SMILES string of the molecule is Cc1cc(N)n(Cc2cc(Br)cs2)n1. The van der Waals surface area contributed by atoms with E-state index in [2.05, 4.69) is 32.5 Å². The molecular formula is C9H10BrN3S. The molecule has 2 rings (SSSR count). The van der Waals surface area contributed by atoms with Crippen molar-refractivity contribution in [3.05, 3.63) is 32.6 Å². The summed E-state index contributed by atoms with van der Waals surface area (Å²) in [6.07, 6.45) is 0. The highest BCUT2D eigenvalue weighted by Crippen LogP contribution is 2.21. The van der Waals surface area contributed by atoms with Gasteiger partial charge < -0.3 is 5.73 Å². The predicted octanol–water partition coefficient (Wildman–Crippen LogP) is 2.65. The van der Waals surface area contributed by atoms with E-state index in [4.69, 9.17) is 5.73 Å². The van der Waals surface area contributed by atoms with E-state index >= 15 is 0 Å². The van der Waals surface area contributed by atoms with Gasteiger partial charge in [-0.3, -0.25) is 0 Å². The van der Waals surface area contributed by atoms with Crippen LogP contribution >= 0.6 is 27.3 Å². The summed E-state index contributed by atoms with van der Waals surface area (Å²) in [6.45, 7) is 2.69. The van der Waals surface area contributed by atoms with Crippen molar-refractivity contribution in [3.8, 4) is 0 Å². The maximum absolute atomic E-state index is 5.79. The van der Waals surface area contributed by atoms with E-state index in [-0.39, 0.29) is 0 Å². The number of nitrogen functional groups attached to an aromatic ring is 1. The Morgan fingerprint density at radius 2 is 2.36 bits per heavy atom. The molecule has 5 heteroatoms. The maximum atomic E-state index is 5.79. The normalized spacial score (nSPS) is 10.7. The molecule has 0 spiro atoms. The lowest BCUT2D eigenvalue weighted by atomic mass is 10.4. The van der Waals surface area contributed by atoms with Gasteiger partial charge in [0.2, 0.25) is 0 Å². The first-order chi connectivity index (χ1) is 6.65. The molecule has 0 aliphatic carbocycles. The van der Waals surface area contributed by atoms with Crippen LogP contribution in [0.1, 0.15) is 10.6 Å². The molecule has 2 aromatic rings. The number of hydrogen-bond acceptors (Lipinski definition) is 3. The van der Waals surface area contributed by atoms with Crippen LogP contribution in [0.15, 0.2) is 22.0 Å². The van der Waals surface area contributed by atoms with Crippen molar-refractivity contribution in [2.75, 3.05) is 5.73 Å². The Morgan fingerprint density at radius 1 is 1.57 bits per heavy atom. The monoisotopic (exact) mass is 271 g/mol. The first kappa shape index (κ1) is 9.73.